The van der Waals surface area contributed by atoms with Crippen LogP contribution < -0.4 is 0 Å². The molecule has 2 atom stereocenters. The molecule has 0 spiro atoms. The average Bonchev–Trinajstić information content (AvgIpc) is 2.20. The summed E-state index contributed by atoms with van der Waals surface area (Å²) in [5.41, 5.74) is 0. The standard InChI is InChI=1S/C10H19NO2S/c1-8(9(7-12)14-2)11-6-4-3-5-10(11)13/h8-9,12H,3-7H2,1-2H3. The smallest absolute Gasteiger partial charge is 0.222 e. The monoisotopic (exact) mass is 217 g/mol. The molecule has 1 aliphatic rings. The zero-order chi connectivity index (χ0) is 10.6. The number of piperidine rings is 1. The Balaban J connectivity index is 2.56. The lowest BCUT2D eigenvalue weighted by atomic mass is 10.1. The molecule has 4 heteroatoms. The van der Waals surface area contributed by atoms with Crippen LogP contribution in [-0.4, -0.2) is 46.6 Å². The first-order valence-electron chi connectivity index (χ1n) is 5.13. The van der Waals surface area contributed by atoms with Crippen molar-refractivity contribution in [1.29, 1.82) is 0 Å². The van der Waals surface area contributed by atoms with E-state index in [2.05, 4.69) is 0 Å². The van der Waals surface area contributed by atoms with Gasteiger partial charge in [-0.15, -0.1) is 0 Å². The summed E-state index contributed by atoms with van der Waals surface area (Å²) in [5.74, 6) is 0.247. The molecule has 1 saturated heterocycles. The minimum atomic E-state index is 0.145. The molecule has 0 bridgehead atoms. The number of aliphatic hydroxyl groups is 1. The fourth-order valence-electron chi connectivity index (χ4n) is 1.88. The molecule has 0 saturated carbocycles. The van der Waals surface area contributed by atoms with Crippen molar-refractivity contribution in [1.82, 2.24) is 4.90 Å². The number of likely N-dealkylation sites (tertiary alicyclic amines) is 1. The zero-order valence-electron chi connectivity index (χ0n) is 8.90. The molecule has 2 unspecified atom stereocenters. The lowest BCUT2D eigenvalue weighted by Gasteiger charge is -2.35. The van der Waals surface area contributed by atoms with Crippen LogP contribution in [0.5, 0.6) is 0 Å². The van der Waals surface area contributed by atoms with E-state index in [1.54, 1.807) is 11.8 Å². The number of carbonyl (C=O) groups is 1. The topological polar surface area (TPSA) is 40.5 Å². The second-order valence-electron chi connectivity index (χ2n) is 3.74. The van der Waals surface area contributed by atoms with Gasteiger partial charge in [0.25, 0.3) is 0 Å². The van der Waals surface area contributed by atoms with Gasteiger partial charge in [0.2, 0.25) is 5.91 Å². The maximum absolute atomic E-state index is 11.6. The van der Waals surface area contributed by atoms with Crippen LogP contribution in [0.2, 0.25) is 0 Å². The summed E-state index contributed by atoms with van der Waals surface area (Å²) in [6.45, 7) is 3.03. The van der Waals surface area contributed by atoms with Crippen molar-refractivity contribution in [2.24, 2.45) is 0 Å². The summed E-state index contributed by atoms with van der Waals surface area (Å²) in [4.78, 5) is 13.5. The normalized spacial score (nSPS) is 22.2. The third-order valence-corrected chi connectivity index (χ3v) is 4.02. The van der Waals surface area contributed by atoms with Crippen molar-refractivity contribution in [3.05, 3.63) is 0 Å². The predicted octanol–water partition coefficient (Wildman–Crippen LogP) is 1.11. The van der Waals surface area contributed by atoms with E-state index >= 15 is 0 Å². The number of aliphatic hydroxyl groups excluding tert-OH is 1. The third-order valence-electron chi connectivity index (χ3n) is 2.87. The Hall–Kier alpha value is -0.220. The van der Waals surface area contributed by atoms with E-state index in [4.69, 9.17) is 5.11 Å². The summed E-state index contributed by atoms with van der Waals surface area (Å²) in [6.07, 6.45) is 4.77. The summed E-state index contributed by atoms with van der Waals surface area (Å²) in [6, 6.07) is 0.155. The van der Waals surface area contributed by atoms with Crippen LogP contribution in [0.4, 0.5) is 0 Å². The van der Waals surface area contributed by atoms with Crippen molar-refractivity contribution in [3.63, 3.8) is 0 Å². The molecule has 1 rings (SSSR count). The van der Waals surface area contributed by atoms with Gasteiger partial charge in [-0.3, -0.25) is 4.79 Å². The van der Waals surface area contributed by atoms with Gasteiger partial charge in [-0.2, -0.15) is 11.8 Å². The van der Waals surface area contributed by atoms with E-state index in [1.807, 2.05) is 18.1 Å². The fourth-order valence-corrected chi connectivity index (χ4v) is 2.57. The molecule has 0 radical (unpaired) electrons. The Labute approximate surface area is 89.9 Å². The fraction of sp³-hybridized carbons (Fsp3) is 0.900. The average molecular weight is 217 g/mol. The van der Waals surface area contributed by atoms with Crippen LogP contribution in [0.15, 0.2) is 0 Å². The number of hydrogen-bond acceptors (Lipinski definition) is 3. The maximum Gasteiger partial charge on any atom is 0.222 e. The van der Waals surface area contributed by atoms with Gasteiger partial charge >= 0.3 is 0 Å². The van der Waals surface area contributed by atoms with Crippen LogP contribution in [0.25, 0.3) is 0 Å². The SMILES string of the molecule is CSC(CO)C(C)N1CCCCC1=O. The molecule has 0 aromatic carbocycles. The molecule has 0 aromatic rings. The number of amides is 1. The largest absolute Gasteiger partial charge is 0.395 e. The molecule has 3 nitrogen and oxygen atoms in total. The van der Waals surface area contributed by atoms with E-state index in [1.165, 1.54) is 0 Å². The minimum absolute atomic E-state index is 0.145. The van der Waals surface area contributed by atoms with Crippen LogP contribution in [-0.2, 0) is 4.79 Å². The number of rotatable bonds is 4. The van der Waals surface area contributed by atoms with Crippen molar-refractivity contribution in [2.75, 3.05) is 19.4 Å². The molecule has 1 fully saturated rings. The molecule has 0 aromatic heterocycles. The second kappa shape index (κ2) is 5.61. The van der Waals surface area contributed by atoms with Gasteiger partial charge in [0.05, 0.1) is 6.61 Å². The highest BCUT2D eigenvalue weighted by molar-refractivity contribution is 7.99. The van der Waals surface area contributed by atoms with E-state index in [9.17, 15) is 4.79 Å². The Bertz CT molecular complexity index is 195. The van der Waals surface area contributed by atoms with Gasteiger partial charge in [0, 0.05) is 24.3 Å². The highest BCUT2D eigenvalue weighted by atomic mass is 32.2. The predicted molar refractivity (Wildman–Crippen MR) is 59.4 cm³/mol. The Morgan fingerprint density at radius 1 is 1.57 bits per heavy atom. The van der Waals surface area contributed by atoms with Gasteiger partial charge in [-0.25, -0.2) is 0 Å². The van der Waals surface area contributed by atoms with Crippen molar-refractivity contribution < 1.29 is 9.90 Å². The lowest BCUT2D eigenvalue weighted by Crippen LogP contribution is -2.47. The van der Waals surface area contributed by atoms with Gasteiger partial charge in [-0.05, 0) is 26.0 Å². The molecular weight excluding hydrogens is 198 g/mol. The Morgan fingerprint density at radius 3 is 2.79 bits per heavy atom. The van der Waals surface area contributed by atoms with Gasteiger partial charge in [-0.1, -0.05) is 0 Å². The third kappa shape index (κ3) is 2.64. The number of thioether (sulfide) groups is 1. The van der Waals surface area contributed by atoms with E-state index in [-0.39, 0.29) is 23.8 Å². The van der Waals surface area contributed by atoms with Gasteiger partial charge in [0.15, 0.2) is 0 Å². The highest BCUT2D eigenvalue weighted by Crippen LogP contribution is 2.20. The van der Waals surface area contributed by atoms with E-state index < -0.39 is 0 Å². The first-order chi connectivity index (χ1) is 6.70. The van der Waals surface area contributed by atoms with Crippen molar-refractivity contribution in [3.8, 4) is 0 Å². The molecule has 82 valence electrons. The van der Waals surface area contributed by atoms with Crippen LogP contribution in [0.1, 0.15) is 26.2 Å². The molecule has 1 amide bonds. The molecule has 0 aliphatic carbocycles. The van der Waals surface area contributed by atoms with Crippen LogP contribution >= 0.6 is 11.8 Å². The number of nitrogens with zero attached hydrogens (tertiary/aromatic N) is 1. The first-order valence-corrected chi connectivity index (χ1v) is 6.42. The zero-order valence-corrected chi connectivity index (χ0v) is 9.72. The quantitative estimate of drug-likeness (QED) is 0.767. The van der Waals surface area contributed by atoms with E-state index in [0.717, 1.165) is 19.4 Å². The number of hydrogen-bond donors (Lipinski definition) is 1. The van der Waals surface area contributed by atoms with Crippen LogP contribution in [0.3, 0.4) is 0 Å². The van der Waals surface area contributed by atoms with Crippen molar-refractivity contribution in [2.45, 2.75) is 37.5 Å². The first kappa shape index (κ1) is 11.9. The minimum Gasteiger partial charge on any atom is -0.395 e. The Morgan fingerprint density at radius 2 is 2.29 bits per heavy atom. The number of carbonyl (C=O) groups excluding carboxylic acids is 1. The van der Waals surface area contributed by atoms with Crippen LogP contribution in [0, 0.1) is 0 Å². The lowest BCUT2D eigenvalue weighted by molar-refractivity contribution is -0.135. The molecule has 14 heavy (non-hydrogen) atoms. The van der Waals surface area contributed by atoms with Gasteiger partial charge in [0.1, 0.15) is 0 Å². The Kier molecular flexibility index (Phi) is 4.75. The highest BCUT2D eigenvalue weighted by Gasteiger charge is 2.27. The second-order valence-corrected chi connectivity index (χ2v) is 4.82. The van der Waals surface area contributed by atoms with Gasteiger partial charge < -0.3 is 10.0 Å². The summed E-state index contributed by atoms with van der Waals surface area (Å²) < 4.78 is 0. The summed E-state index contributed by atoms with van der Waals surface area (Å²) in [7, 11) is 0. The molecule has 1 heterocycles. The molecular formula is C10H19NO2S. The summed E-state index contributed by atoms with van der Waals surface area (Å²) in [5, 5.41) is 9.30. The van der Waals surface area contributed by atoms with E-state index in [0.29, 0.717) is 6.42 Å². The van der Waals surface area contributed by atoms with Crippen molar-refractivity contribution >= 4 is 17.7 Å². The maximum atomic E-state index is 11.6. The molecule has 1 aliphatic heterocycles. The summed E-state index contributed by atoms with van der Waals surface area (Å²) >= 11 is 1.63. The molecule has 1 N–H and O–H groups in total.